The number of pyridine rings is 1. The van der Waals surface area contributed by atoms with Crippen molar-refractivity contribution in [2.75, 3.05) is 20.6 Å². The van der Waals surface area contributed by atoms with Crippen LogP contribution in [-0.2, 0) is 13.0 Å². The van der Waals surface area contributed by atoms with Gasteiger partial charge in [-0.2, -0.15) is 0 Å². The van der Waals surface area contributed by atoms with Crippen molar-refractivity contribution in [1.29, 1.82) is 0 Å². The van der Waals surface area contributed by atoms with E-state index in [-0.39, 0.29) is 18.3 Å². The fourth-order valence-corrected chi connectivity index (χ4v) is 2.25. The minimum absolute atomic E-state index is 0. The molecule has 118 valence electrons. The average Bonchev–Trinajstić information content (AvgIpc) is 2.53. The molecule has 1 N–H and O–H groups in total. The molecule has 5 heteroatoms. The number of carbonyl (C=O) groups excluding carboxylic acids is 1. The van der Waals surface area contributed by atoms with E-state index in [1.807, 2.05) is 50.5 Å². The van der Waals surface area contributed by atoms with E-state index < -0.39 is 0 Å². The number of likely N-dealkylation sites (N-methyl/N-ethyl adjacent to an activating group) is 1. The second kappa shape index (κ2) is 9.18. The normalized spacial score (nSPS) is 9.91. The summed E-state index contributed by atoms with van der Waals surface area (Å²) < 4.78 is 0. The van der Waals surface area contributed by atoms with Crippen molar-refractivity contribution >= 4 is 18.3 Å². The van der Waals surface area contributed by atoms with E-state index in [0.717, 1.165) is 29.7 Å². The van der Waals surface area contributed by atoms with Gasteiger partial charge in [-0.1, -0.05) is 18.2 Å². The van der Waals surface area contributed by atoms with E-state index in [4.69, 9.17) is 0 Å². The molecule has 0 aliphatic heterocycles. The van der Waals surface area contributed by atoms with Gasteiger partial charge in [-0.25, -0.2) is 0 Å². The second-order valence-corrected chi connectivity index (χ2v) is 5.03. The Labute approximate surface area is 138 Å². The number of nitrogens with zero attached hydrogens (tertiary/aromatic N) is 2. The van der Waals surface area contributed by atoms with E-state index in [1.54, 1.807) is 17.3 Å². The highest BCUT2D eigenvalue weighted by Gasteiger charge is 2.15. The van der Waals surface area contributed by atoms with Gasteiger partial charge in [0.25, 0.3) is 5.91 Å². The van der Waals surface area contributed by atoms with Gasteiger partial charge in [-0.15, -0.1) is 12.4 Å². The zero-order valence-corrected chi connectivity index (χ0v) is 13.8. The summed E-state index contributed by atoms with van der Waals surface area (Å²) in [7, 11) is 3.75. The highest BCUT2D eigenvalue weighted by atomic mass is 35.5. The fourth-order valence-electron chi connectivity index (χ4n) is 2.25. The van der Waals surface area contributed by atoms with Crippen molar-refractivity contribution in [2.45, 2.75) is 13.0 Å². The van der Waals surface area contributed by atoms with Crippen LogP contribution >= 0.6 is 12.4 Å². The SMILES string of the molecule is CNCCc1ccccc1C(=O)N(C)Cc1ccncc1.Cl. The molecule has 0 fully saturated rings. The molecule has 0 bridgehead atoms. The lowest BCUT2D eigenvalue weighted by Crippen LogP contribution is -2.27. The van der Waals surface area contributed by atoms with Gasteiger partial charge < -0.3 is 10.2 Å². The minimum Gasteiger partial charge on any atom is -0.337 e. The molecule has 1 aromatic carbocycles. The number of benzene rings is 1. The number of aromatic nitrogens is 1. The minimum atomic E-state index is 0. The first-order valence-corrected chi connectivity index (χ1v) is 7.09. The lowest BCUT2D eigenvalue weighted by molar-refractivity contribution is 0.0784. The van der Waals surface area contributed by atoms with Crippen LogP contribution in [0.1, 0.15) is 21.5 Å². The van der Waals surface area contributed by atoms with Crippen LogP contribution in [0.3, 0.4) is 0 Å². The third-order valence-corrected chi connectivity index (χ3v) is 3.41. The van der Waals surface area contributed by atoms with Gasteiger partial charge in [0.1, 0.15) is 0 Å². The molecule has 0 aliphatic rings. The van der Waals surface area contributed by atoms with Gasteiger partial charge in [-0.3, -0.25) is 9.78 Å². The van der Waals surface area contributed by atoms with E-state index >= 15 is 0 Å². The molecule has 2 aromatic rings. The third kappa shape index (κ3) is 4.83. The molecule has 0 radical (unpaired) electrons. The predicted octanol–water partition coefficient (Wildman–Crippen LogP) is 2.54. The lowest BCUT2D eigenvalue weighted by Gasteiger charge is -2.19. The Hall–Kier alpha value is -1.91. The number of carbonyl (C=O) groups is 1. The topological polar surface area (TPSA) is 45.2 Å². The van der Waals surface area contributed by atoms with Gasteiger partial charge in [0, 0.05) is 31.5 Å². The first-order chi connectivity index (χ1) is 10.2. The maximum atomic E-state index is 12.6. The molecule has 4 nitrogen and oxygen atoms in total. The number of halogens is 1. The molecular formula is C17H22ClN3O. The summed E-state index contributed by atoms with van der Waals surface area (Å²) >= 11 is 0. The molecule has 0 unspecified atom stereocenters. The van der Waals surface area contributed by atoms with Crippen LogP contribution in [0.2, 0.25) is 0 Å². The number of nitrogens with one attached hydrogen (secondary N) is 1. The summed E-state index contributed by atoms with van der Waals surface area (Å²) in [6, 6.07) is 11.7. The van der Waals surface area contributed by atoms with Gasteiger partial charge >= 0.3 is 0 Å². The van der Waals surface area contributed by atoms with Crippen molar-refractivity contribution in [2.24, 2.45) is 0 Å². The van der Waals surface area contributed by atoms with Crippen molar-refractivity contribution in [3.63, 3.8) is 0 Å². The van der Waals surface area contributed by atoms with E-state index in [1.165, 1.54) is 0 Å². The van der Waals surface area contributed by atoms with Crippen LogP contribution in [0.5, 0.6) is 0 Å². The van der Waals surface area contributed by atoms with Gasteiger partial charge in [0.05, 0.1) is 0 Å². The second-order valence-electron chi connectivity index (χ2n) is 5.03. The Kier molecular flexibility index (Phi) is 7.57. The molecule has 1 amide bonds. The quantitative estimate of drug-likeness (QED) is 0.890. The van der Waals surface area contributed by atoms with Crippen LogP contribution in [0.15, 0.2) is 48.8 Å². The first-order valence-electron chi connectivity index (χ1n) is 7.09. The molecule has 0 atom stereocenters. The van der Waals surface area contributed by atoms with Crippen molar-refractivity contribution in [3.8, 4) is 0 Å². The largest absolute Gasteiger partial charge is 0.337 e. The van der Waals surface area contributed by atoms with Crippen LogP contribution in [-0.4, -0.2) is 36.4 Å². The summed E-state index contributed by atoms with van der Waals surface area (Å²) in [6.07, 6.45) is 4.34. The van der Waals surface area contributed by atoms with Crippen molar-refractivity contribution in [1.82, 2.24) is 15.2 Å². The number of rotatable bonds is 6. The van der Waals surface area contributed by atoms with Gasteiger partial charge in [0.15, 0.2) is 0 Å². The Bertz CT molecular complexity index is 589. The smallest absolute Gasteiger partial charge is 0.254 e. The maximum Gasteiger partial charge on any atom is 0.254 e. The summed E-state index contributed by atoms with van der Waals surface area (Å²) in [5, 5.41) is 3.12. The van der Waals surface area contributed by atoms with Crippen LogP contribution in [0.25, 0.3) is 0 Å². The summed E-state index contributed by atoms with van der Waals surface area (Å²) in [4.78, 5) is 18.4. The molecule has 0 spiro atoms. The van der Waals surface area contributed by atoms with Crippen molar-refractivity contribution in [3.05, 3.63) is 65.5 Å². The Balaban J connectivity index is 0.00000242. The average molecular weight is 320 g/mol. The van der Waals surface area contributed by atoms with Crippen LogP contribution in [0, 0.1) is 0 Å². The van der Waals surface area contributed by atoms with Gasteiger partial charge in [-0.05, 0) is 49.3 Å². The summed E-state index contributed by atoms with van der Waals surface area (Å²) in [6.45, 7) is 1.44. The lowest BCUT2D eigenvalue weighted by atomic mass is 10.0. The predicted molar refractivity (Wildman–Crippen MR) is 91.4 cm³/mol. The molecular weight excluding hydrogens is 298 g/mol. The Morgan fingerprint density at radius 3 is 2.55 bits per heavy atom. The van der Waals surface area contributed by atoms with Crippen LogP contribution < -0.4 is 5.32 Å². The maximum absolute atomic E-state index is 12.6. The standard InChI is InChI=1S/C17H21N3O.ClH/c1-18-10-9-15-5-3-4-6-16(15)17(21)20(2)13-14-7-11-19-12-8-14;/h3-8,11-12,18H,9-10,13H2,1-2H3;1H. The van der Waals surface area contributed by atoms with Crippen LogP contribution in [0.4, 0.5) is 0 Å². The third-order valence-electron chi connectivity index (χ3n) is 3.41. The zero-order valence-electron chi connectivity index (χ0n) is 13.0. The summed E-state index contributed by atoms with van der Waals surface area (Å²) in [5.74, 6) is 0.0542. The monoisotopic (exact) mass is 319 g/mol. The fraction of sp³-hybridized carbons (Fsp3) is 0.294. The summed E-state index contributed by atoms with van der Waals surface area (Å²) in [5.41, 5.74) is 2.94. The molecule has 0 saturated heterocycles. The zero-order chi connectivity index (χ0) is 15.1. The van der Waals surface area contributed by atoms with E-state index in [2.05, 4.69) is 10.3 Å². The van der Waals surface area contributed by atoms with E-state index in [9.17, 15) is 4.79 Å². The number of hydrogen-bond acceptors (Lipinski definition) is 3. The molecule has 0 aliphatic carbocycles. The first kappa shape index (κ1) is 18.1. The van der Waals surface area contributed by atoms with Crippen molar-refractivity contribution < 1.29 is 4.79 Å². The number of amides is 1. The Morgan fingerprint density at radius 2 is 1.86 bits per heavy atom. The molecule has 0 saturated carbocycles. The van der Waals surface area contributed by atoms with E-state index in [0.29, 0.717) is 6.54 Å². The molecule has 1 aromatic heterocycles. The highest BCUT2D eigenvalue weighted by molar-refractivity contribution is 5.95. The highest BCUT2D eigenvalue weighted by Crippen LogP contribution is 2.13. The van der Waals surface area contributed by atoms with Gasteiger partial charge in [0.2, 0.25) is 0 Å². The molecule has 1 heterocycles. The Morgan fingerprint density at radius 1 is 1.18 bits per heavy atom. The molecule has 22 heavy (non-hydrogen) atoms. The number of hydrogen-bond donors (Lipinski definition) is 1. The molecule has 2 rings (SSSR count).